The molecule has 5 heteroatoms. The second-order valence-corrected chi connectivity index (χ2v) is 4.77. The number of nitrogens with zero attached hydrogens (tertiary/aromatic N) is 3. The minimum absolute atomic E-state index is 0.304. The van der Waals surface area contributed by atoms with Crippen LogP contribution in [-0.2, 0) is 0 Å². The van der Waals surface area contributed by atoms with Gasteiger partial charge in [0.1, 0.15) is 0 Å². The van der Waals surface area contributed by atoms with Crippen LogP contribution in [0.3, 0.4) is 0 Å². The number of rotatable bonds is 5. The highest BCUT2D eigenvalue weighted by atomic mass is 16.1. The molecule has 5 nitrogen and oxygen atoms in total. The Labute approximate surface area is 134 Å². The van der Waals surface area contributed by atoms with E-state index < -0.39 is 5.91 Å². The molecule has 0 saturated heterocycles. The molecule has 2 aromatic rings. The first kappa shape index (κ1) is 16.0. The Morgan fingerprint density at radius 1 is 1.35 bits per heavy atom. The Kier molecular flexibility index (Phi) is 4.90. The Balaban J connectivity index is 2.37. The molecule has 1 aromatic heterocycles. The number of carbonyl (C=O) groups is 1. The minimum atomic E-state index is -0.551. The molecule has 23 heavy (non-hydrogen) atoms. The Morgan fingerprint density at radius 2 is 2.04 bits per heavy atom. The van der Waals surface area contributed by atoms with Crippen LogP contribution in [0, 0.1) is 11.3 Å². The number of carbonyl (C=O) groups excluding carboxylic acids is 1. The summed E-state index contributed by atoms with van der Waals surface area (Å²) in [7, 11) is 0. The molecule has 0 spiro atoms. The highest BCUT2D eigenvalue weighted by Crippen LogP contribution is 2.22. The van der Waals surface area contributed by atoms with Crippen LogP contribution in [-0.4, -0.2) is 15.7 Å². The number of hydrogen-bond donors (Lipinski definition) is 1. The molecular weight excluding hydrogens is 288 g/mol. The highest BCUT2D eigenvalue weighted by molar-refractivity contribution is 5.92. The van der Waals surface area contributed by atoms with Gasteiger partial charge in [-0.05, 0) is 24.1 Å². The van der Waals surface area contributed by atoms with Gasteiger partial charge >= 0.3 is 0 Å². The first-order chi connectivity index (χ1) is 11.1. The van der Waals surface area contributed by atoms with E-state index in [-0.39, 0.29) is 0 Å². The van der Waals surface area contributed by atoms with E-state index in [2.05, 4.69) is 17.7 Å². The summed E-state index contributed by atoms with van der Waals surface area (Å²) in [6, 6.07) is 11.6. The summed E-state index contributed by atoms with van der Waals surface area (Å²) in [5, 5.41) is 13.5. The Morgan fingerprint density at radius 3 is 2.57 bits per heavy atom. The number of aromatic nitrogens is 2. The number of hydrogen-bond acceptors (Lipinski definition) is 3. The van der Waals surface area contributed by atoms with Crippen molar-refractivity contribution in [1.82, 2.24) is 9.78 Å². The number of primary amides is 1. The maximum absolute atomic E-state index is 11.2. The Bertz CT molecular complexity index is 835. The van der Waals surface area contributed by atoms with Crippen LogP contribution < -0.4 is 5.73 Å². The number of nitrogens with two attached hydrogens (primary N) is 1. The molecule has 0 unspecified atom stereocenters. The van der Waals surface area contributed by atoms with Crippen LogP contribution in [0.4, 0.5) is 0 Å². The molecule has 1 heterocycles. The molecule has 0 radical (unpaired) electrons. The van der Waals surface area contributed by atoms with Crippen LogP contribution in [0.1, 0.15) is 22.8 Å². The van der Waals surface area contributed by atoms with Gasteiger partial charge in [-0.25, -0.2) is 4.68 Å². The number of benzene rings is 1. The molecule has 0 aliphatic heterocycles. The van der Waals surface area contributed by atoms with E-state index in [0.717, 1.165) is 5.56 Å². The van der Waals surface area contributed by atoms with Gasteiger partial charge in [-0.15, -0.1) is 0 Å². The largest absolute Gasteiger partial charge is 0.366 e. The third kappa shape index (κ3) is 3.63. The average Bonchev–Trinajstić information content (AvgIpc) is 3.06. The molecule has 2 N–H and O–H groups in total. The van der Waals surface area contributed by atoms with Crippen molar-refractivity contribution in [2.75, 3.05) is 0 Å². The second kappa shape index (κ2) is 7.05. The summed E-state index contributed by atoms with van der Waals surface area (Å²) in [6.07, 6.45) is 6.37. The fraction of sp³-hybridized carbons (Fsp3) is 0.0556. The second-order valence-electron chi connectivity index (χ2n) is 4.77. The summed E-state index contributed by atoms with van der Waals surface area (Å²) in [5.74, 6) is -0.551. The van der Waals surface area contributed by atoms with Crippen LogP contribution >= 0.6 is 0 Å². The summed E-state index contributed by atoms with van der Waals surface area (Å²) in [6.45, 7) is 5.81. The van der Waals surface area contributed by atoms with Crippen molar-refractivity contribution >= 4 is 17.2 Å². The average molecular weight is 304 g/mol. The van der Waals surface area contributed by atoms with Crippen LogP contribution in [0.2, 0.25) is 0 Å². The number of allylic oxidation sites excluding steroid dienone is 5. The third-order valence-corrected chi connectivity index (χ3v) is 3.29. The molecule has 1 aromatic carbocycles. The van der Waals surface area contributed by atoms with Crippen molar-refractivity contribution < 1.29 is 4.79 Å². The summed E-state index contributed by atoms with van der Waals surface area (Å²) >= 11 is 0. The molecule has 0 aliphatic rings. The van der Waals surface area contributed by atoms with E-state index in [0.29, 0.717) is 22.4 Å². The fourth-order valence-corrected chi connectivity index (χ4v) is 2.00. The van der Waals surface area contributed by atoms with E-state index in [1.807, 2.05) is 37.3 Å². The van der Waals surface area contributed by atoms with Crippen molar-refractivity contribution in [2.45, 2.75) is 6.92 Å². The van der Waals surface area contributed by atoms with Gasteiger partial charge < -0.3 is 5.73 Å². The molecule has 0 fully saturated rings. The van der Waals surface area contributed by atoms with Crippen molar-refractivity contribution in [3.05, 3.63) is 78.2 Å². The molecular formula is C18H16N4O. The maximum atomic E-state index is 11.2. The van der Waals surface area contributed by atoms with Crippen molar-refractivity contribution in [1.29, 1.82) is 5.26 Å². The van der Waals surface area contributed by atoms with Crippen molar-refractivity contribution in [3.8, 4) is 6.07 Å². The zero-order chi connectivity index (χ0) is 16.8. The molecule has 0 aliphatic carbocycles. The number of amides is 1. The van der Waals surface area contributed by atoms with E-state index in [1.165, 1.54) is 17.1 Å². The molecule has 0 saturated carbocycles. The summed E-state index contributed by atoms with van der Waals surface area (Å²) in [5.41, 5.74) is 8.08. The van der Waals surface area contributed by atoms with Gasteiger partial charge in [0.15, 0.2) is 0 Å². The molecule has 114 valence electrons. The zero-order valence-corrected chi connectivity index (χ0v) is 12.7. The number of nitriles is 1. The maximum Gasteiger partial charge on any atom is 0.251 e. The van der Waals surface area contributed by atoms with E-state index in [1.54, 1.807) is 12.2 Å². The first-order valence-electron chi connectivity index (χ1n) is 6.94. The molecule has 0 atom stereocenters. The lowest BCUT2D eigenvalue weighted by Crippen LogP contribution is -2.09. The van der Waals surface area contributed by atoms with Crippen LogP contribution in [0.5, 0.6) is 0 Å². The highest BCUT2D eigenvalue weighted by Gasteiger charge is 2.09. The monoisotopic (exact) mass is 304 g/mol. The standard InChI is InChI=1S/C18H16N4O/c1-3-17(22-12-16(11-21-22)18(20)23)9-15(10-19)13(2)14-7-5-4-6-8-14/h3-9,11-12H,2H2,1H3,(H2,20,23)/b15-9-,17-3+. The van der Waals surface area contributed by atoms with Gasteiger partial charge in [0, 0.05) is 6.20 Å². The lowest BCUT2D eigenvalue weighted by molar-refractivity contribution is 0.100. The van der Waals surface area contributed by atoms with Gasteiger partial charge in [-0.1, -0.05) is 43.0 Å². The van der Waals surface area contributed by atoms with Gasteiger partial charge in [0.25, 0.3) is 5.91 Å². The summed E-state index contributed by atoms with van der Waals surface area (Å²) in [4.78, 5) is 11.2. The smallest absolute Gasteiger partial charge is 0.251 e. The van der Waals surface area contributed by atoms with E-state index >= 15 is 0 Å². The van der Waals surface area contributed by atoms with Crippen LogP contribution in [0.25, 0.3) is 11.3 Å². The van der Waals surface area contributed by atoms with Gasteiger partial charge in [-0.2, -0.15) is 10.4 Å². The van der Waals surface area contributed by atoms with E-state index in [9.17, 15) is 10.1 Å². The predicted octanol–water partition coefficient (Wildman–Crippen LogP) is 3.01. The third-order valence-electron chi connectivity index (χ3n) is 3.29. The Hall–Kier alpha value is -3.39. The quantitative estimate of drug-likeness (QED) is 0.680. The van der Waals surface area contributed by atoms with Crippen LogP contribution in [0.15, 0.2) is 67.0 Å². The van der Waals surface area contributed by atoms with E-state index in [4.69, 9.17) is 5.73 Å². The van der Waals surface area contributed by atoms with Gasteiger partial charge in [-0.3, -0.25) is 4.79 Å². The molecule has 2 rings (SSSR count). The SMILES string of the molecule is C=C(/C(C#N)=C\C(=C/C)n1cc(C(N)=O)cn1)c1ccccc1. The summed E-state index contributed by atoms with van der Waals surface area (Å²) < 4.78 is 1.50. The zero-order valence-electron chi connectivity index (χ0n) is 12.7. The van der Waals surface area contributed by atoms with Crippen molar-refractivity contribution in [3.63, 3.8) is 0 Å². The van der Waals surface area contributed by atoms with Gasteiger partial charge in [0.05, 0.1) is 29.1 Å². The lowest BCUT2D eigenvalue weighted by Gasteiger charge is -2.07. The predicted molar refractivity (Wildman–Crippen MR) is 89.9 cm³/mol. The topological polar surface area (TPSA) is 84.7 Å². The van der Waals surface area contributed by atoms with Crippen molar-refractivity contribution in [2.24, 2.45) is 5.73 Å². The normalized spacial score (nSPS) is 11.8. The minimum Gasteiger partial charge on any atom is -0.366 e. The molecule has 0 bridgehead atoms. The van der Waals surface area contributed by atoms with Gasteiger partial charge in [0.2, 0.25) is 0 Å². The fourth-order valence-electron chi connectivity index (χ4n) is 2.00. The first-order valence-corrected chi connectivity index (χ1v) is 6.94. The lowest BCUT2D eigenvalue weighted by atomic mass is 9.99. The molecule has 1 amide bonds.